The number of likely N-dealkylation sites (N-methyl/N-ethyl adjacent to an activating group) is 1. The lowest BCUT2D eigenvalue weighted by Gasteiger charge is -2.30. The van der Waals surface area contributed by atoms with Crippen molar-refractivity contribution in [2.24, 2.45) is 0 Å². The fourth-order valence-corrected chi connectivity index (χ4v) is 5.72. The van der Waals surface area contributed by atoms with Crippen LogP contribution in [0.3, 0.4) is 0 Å². The molecule has 39 heavy (non-hydrogen) atoms. The molecule has 1 saturated heterocycles. The lowest BCUT2D eigenvalue weighted by Crippen LogP contribution is -2.48. The van der Waals surface area contributed by atoms with Gasteiger partial charge in [0, 0.05) is 35.7 Å². The number of likely N-dealkylation sites (tertiary alicyclic amines) is 1. The topological polar surface area (TPSA) is 109 Å². The molecule has 4 heterocycles. The van der Waals surface area contributed by atoms with E-state index in [2.05, 4.69) is 29.5 Å². The molecule has 0 spiro atoms. The predicted octanol–water partition coefficient (Wildman–Crippen LogP) is 2.85. The number of amides is 1. The molecule has 0 bridgehead atoms. The number of aromatic nitrogens is 2. The average molecular weight is 551 g/mol. The minimum atomic E-state index is -0.389. The molecule has 2 atom stereocenters. The number of nitriles is 1. The maximum absolute atomic E-state index is 12.4. The first-order valence-electron chi connectivity index (χ1n) is 13.2. The number of hydrogen-bond acceptors (Lipinski definition) is 8. The van der Waals surface area contributed by atoms with E-state index >= 15 is 0 Å². The van der Waals surface area contributed by atoms with Crippen LogP contribution in [0.4, 0.5) is 5.82 Å². The smallest absolute Gasteiger partial charge is 0.434 e. The summed E-state index contributed by atoms with van der Waals surface area (Å²) in [5.41, 5.74) is 2.69. The van der Waals surface area contributed by atoms with Gasteiger partial charge in [-0.3, -0.25) is 9.69 Å². The number of aromatic hydroxyl groups is 1. The lowest BCUT2D eigenvalue weighted by atomic mass is 10.1. The second kappa shape index (κ2) is 11.7. The first kappa shape index (κ1) is 27.1. The predicted molar refractivity (Wildman–Crippen MR) is 146 cm³/mol. The molecule has 0 unspecified atom stereocenters. The number of carbonyl (C=O) groups is 1. The van der Waals surface area contributed by atoms with Crippen LogP contribution in [0.5, 0.6) is 11.8 Å². The first-order chi connectivity index (χ1) is 18.9. The molecule has 3 aliphatic rings. The fraction of sp³-hybridized carbons (Fsp3) is 0.464. The molecular formula is C28H33ClN7O3+. The molecule has 11 heteroatoms. The van der Waals surface area contributed by atoms with E-state index in [1.807, 2.05) is 10.8 Å². The Bertz CT molecular complexity index is 1340. The summed E-state index contributed by atoms with van der Waals surface area (Å²) in [4.78, 5) is 28.2. The van der Waals surface area contributed by atoms with Crippen LogP contribution in [0, 0.1) is 11.3 Å². The number of rotatable bonds is 8. The third-order valence-electron chi connectivity index (χ3n) is 7.67. The molecule has 3 aliphatic heterocycles. The van der Waals surface area contributed by atoms with Crippen LogP contribution in [-0.2, 0) is 24.4 Å². The molecule has 10 nitrogen and oxygen atoms in total. The van der Waals surface area contributed by atoms with Gasteiger partial charge in [0.1, 0.15) is 18.9 Å². The van der Waals surface area contributed by atoms with Gasteiger partial charge < -0.3 is 19.6 Å². The van der Waals surface area contributed by atoms with Crippen LogP contribution in [0.25, 0.3) is 0 Å². The van der Waals surface area contributed by atoms with Gasteiger partial charge in [-0.15, -0.1) is 0 Å². The van der Waals surface area contributed by atoms with E-state index in [1.54, 1.807) is 23.1 Å². The molecule has 1 N–H and O–H groups in total. The standard InChI is InChI=1S/C28H32ClN7O3/c1-3-26(38)36-12-11-35(15-20(36)8-9-30)27-23-16-34(14-19-13-22(37)6-7-24(19)29)17-25(23)31-28(32-27)39-18-21-5-4-10-33(21)2/h3,6-7,13,15,20-21H,1,4-5,8,10-12,14,16-18H2,2H3/p+1/t20-,21-/m0/s1. The molecule has 5 rings (SSSR count). The third kappa shape index (κ3) is 5.91. The molecule has 1 fully saturated rings. The summed E-state index contributed by atoms with van der Waals surface area (Å²) in [5.74, 6) is 0.704. The number of fused-ring (bicyclic) bond motifs is 1. The van der Waals surface area contributed by atoms with Gasteiger partial charge in [0.25, 0.3) is 0 Å². The fourth-order valence-electron chi connectivity index (χ4n) is 5.54. The van der Waals surface area contributed by atoms with Gasteiger partial charge in [0.2, 0.25) is 5.91 Å². The maximum Gasteiger partial charge on any atom is 0.434 e. The number of phenols is 1. The minimum Gasteiger partial charge on any atom is -0.508 e. The van der Waals surface area contributed by atoms with Crippen LogP contribution in [0.1, 0.15) is 36.1 Å². The summed E-state index contributed by atoms with van der Waals surface area (Å²) >= 11 is 6.41. The van der Waals surface area contributed by atoms with E-state index in [1.165, 1.54) is 6.08 Å². The van der Waals surface area contributed by atoms with Gasteiger partial charge in [0.15, 0.2) is 0 Å². The SMILES string of the molecule is C=CC(=O)N1CC[N+](c2nc(OC[C@@H]3CCCN3C)nc3c2CN(Cc2cc(O)ccc2Cl)C3)=C[C@@H]1CC#N. The number of carbonyl (C=O) groups excluding carboxylic acids is 1. The highest BCUT2D eigenvalue weighted by molar-refractivity contribution is 6.31. The molecular weight excluding hydrogens is 518 g/mol. The number of nitrogens with zero attached hydrogens (tertiary/aromatic N) is 7. The van der Waals surface area contributed by atoms with Crippen LogP contribution in [0.2, 0.25) is 5.02 Å². The van der Waals surface area contributed by atoms with E-state index in [4.69, 9.17) is 26.3 Å². The van der Waals surface area contributed by atoms with Crippen molar-refractivity contribution in [1.82, 2.24) is 24.7 Å². The van der Waals surface area contributed by atoms with Gasteiger partial charge in [0.05, 0.1) is 42.5 Å². The Morgan fingerprint density at radius 3 is 2.95 bits per heavy atom. The zero-order valence-corrected chi connectivity index (χ0v) is 22.8. The minimum absolute atomic E-state index is 0.169. The summed E-state index contributed by atoms with van der Waals surface area (Å²) in [7, 11) is 2.11. The molecule has 1 aromatic carbocycles. The van der Waals surface area contributed by atoms with Crippen LogP contribution >= 0.6 is 11.6 Å². The highest BCUT2D eigenvalue weighted by atomic mass is 35.5. The van der Waals surface area contributed by atoms with Gasteiger partial charge in [-0.25, -0.2) is 4.58 Å². The van der Waals surface area contributed by atoms with Gasteiger partial charge in [-0.2, -0.15) is 10.2 Å². The Hall–Kier alpha value is -3.52. The van der Waals surface area contributed by atoms with Crippen molar-refractivity contribution < 1.29 is 19.2 Å². The monoisotopic (exact) mass is 550 g/mol. The highest BCUT2D eigenvalue weighted by Gasteiger charge is 2.36. The van der Waals surface area contributed by atoms with Crippen molar-refractivity contribution in [3.8, 4) is 17.8 Å². The van der Waals surface area contributed by atoms with E-state index in [9.17, 15) is 15.2 Å². The van der Waals surface area contributed by atoms with E-state index in [0.29, 0.717) is 56.4 Å². The highest BCUT2D eigenvalue weighted by Crippen LogP contribution is 2.33. The number of halogens is 1. The van der Waals surface area contributed by atoms with E-state index in [-0.39, 0.29) is 24.1 Å². The zero-order valence-electron chi connectivity index (χ0n) is 22.1. The zero-order chi connectivity index (χ0) is 27.5. The third-order valence-corrected chi connectivity index (χ3v) is 8.04. The van der Waals surface area contributed by atoms with Crippen molar-refractivity contribution in [1.29, 1.82) is 5.26 Å². The Morgan fingerprint density at radius 1 is 1.36 bits per heavy atom. The number of benzene rings is 1. The van der Waals surface area contributed by atoms with E-state index < -0.39 is 0 Å². The summed E-state index contributed by atoms with van der Waals surface area (Å²) < 4.78 is 8.17. The second-order valence-electron chi connectivity index (χ2n) is 10.3. The van der Waals surface area contributed by atoms with Crippen LogP contribution in [0.15, 0.2) is 30.9 Å². The molecule has 1 aromatic heterocycles. The number of phenolic OH excluding ortho intramolecular Hbond substituents is 1. The molecule has 0 radical (unpaired) electrons. The Labute approximate surface area is 233 Å². The van der Waals surface area contributed by atoms with Gasteiger partial charge >= 0.3 is 11.8 Å². The molecule has 0 saturated carbocycles. The summed E-state index contributed by atoms with van der Waals surface area (Å²) in [5, 5.41) is 20.0. The summed E-state index contributed by atoms with van der Waals surface area (Å²) in [6, 6.07) is 7.41. The molecule has 204 valence electrons. The van der Waals surface area contributed by atoms with Gasteiger partial charge in [-0.1, -0.05) is 18.2 Å². The summed E-state index contributed by atoms with van der Waals surface area (Å²) in [6.45, 7) is 7.84. The van der Waals surface area contributed by atoms with Crippen molar-refractivity contribution in [3.05, 3.63) is 52.7 Å². The van der Waals surface area contributed by atoms with Crippen molar-refractivity contribution >= 4 is 29.5 Å². The number of ether oxygens (including phenoxy) is 1. The Kier molecular flexibility index (Phi) is 8.12. The Balaban J connectivity index is 1.46. The van der Waals surface area contributed by atoms with Crippen LogP contribution < -0.4 is 4.74 Å². The van der Waals surface area contributed by atoms with Crippen molar-refractivity contribution in [3.63, 3.8) is 0 Å². The molecule has 1 amide bonds. The second-order valence-corrected chi connectivity index (χ2v) is 10.7. The van der Waals surface area contributed by atoms with E-state index in [0.717, 1.165) is 42.0 Å². The largest absolute Gasteiger partial charge is 0.508 e. The molecule has 0 aliphatic carbocycles. The Morgan fingerprint density at radius 2 is 2.21 bits per heavy atom. The van der Waals surface area contributed by atoms with Crippen molar-refractivity contribution in [2.75, 3.05) is 33.3 Å². The lowest BCUT2D eigenvalue weighted by molar-refractivity contribution is -0.449. The van der Waals surface area contributed by atoms with Gasteiger partial charge in [-0.05, 0) is 56.3 Å². The number of hydrogen-bond donors (Lipinski definition) is 1. The molecule has 2 aromatic rings. The summed E-state index contributed by atoms with van der Waals surface area (Å²) in [6.07, 6.45) is 5.58. The first-order valence-corrected chi connectivity index (χ1v) is 13.6. The van der Waals surface area contributed by atoms with Crippen LogP contribution in [-0.4, -0.2) is 91.8 Å². The average Bonchev–Trinajstić information content (AvgIpc) is 3.53. The maximum atomic E-state index is 12.4. The quantitative estimate of drug-likeness (QED) is 0.395. The normalized spacial score (nSPS) is 21.4. The van der Waals surface area contributed by atoms with Crippen molar-refractivity contribution in [2.45, 2.75) is 51.0 Å².